The highest BCUT2D eigenvalue weighted by Gasteiger charge is 2.12. The van der Waals surface area contributed by atoms with Crippen LogP contribution in [0.2, 0.25) is 0 Å². The number of hydrogen-bond acceptors (Lipinski definition) is 0. The molecular formula is C4H6Br. The fourth-order valence-electron chi connectivity index (χ4n) is 0.310. The Hall–Kier alpha value is 0.480. The summed E-state index contributed by atoms with van der Waals surface area (Å²) in [6.45, 7) is 0. The van der Waals surface area contributed by atoms with Crippen LogP contribution in [0.3, 0.4) is 0 Å². The molecule has 0 atom stereocenters. The van der Waals surface area contributed by atoms with E-state index in [-0.39, 0.29) is 0 Å². The average Bonchev–Trinajstić information content (AvgIpc) is 1.30. The van der Waals surface area contributed by atoms with Crippen LogP contribution in [0.1, 0.15) is 19.3 Å². The summed E-state index contributed by atoms with van der Waals surface area (Å²) in [5.41, 5.74) is 0. The third kappa shape index (κ3) is 0.656. The molecule has 0 aromatic rings. The van der Waals surface area contributed by atoms with E-state index in [1.807, 2.05) is 0 Å². The van der Waals surface area contributed by atoms with Gasteiger partial charge in [-0.1, -0.05) is 22.4 Å². The van der Waals surface area contributed by atoms with E-state index >= 15 is 0 Å². The van der Waals surface area contributed by atoms with Crippen LogP contribution in [0.25, 0.3) is 0 Å². The van der Waals surface area contributed by atoms with E-state index in [2.05, 4.69) is 15.9 Å². The van der Waals surface area contributed by atoms with E-state index in [0.717, 1.165) is 0 Å². The molecule has 1 heteroatoms. The summed E-state index contributed by atoms with van der Waals surface area (Å²) in [6, 6.07) is 0. The Kier molecular flexibility index (Phi) is 0.946. The lowest BCUT2D eigenvalue weighted by Gasteiger charge is -2.15. The van der Waals surface area contributed by atoms with Crippen LogP contribution in [0, 0.1) is 4.83 Å². The van der Waals surface area contributed by atoms with Crippen molar-refractivity contribution < 1.29 is 0 Å². The van der Waals surface area contributed by atoms with Gasteiger partial charge >= 0.3 is 0 Å². The Morgan fingerprint density at radius 3 is 1.80 bits per heavy atom. The van der Waals surface area contributed by atoms with Crippen molar-refractivity contribution in [2.24, 2.45) is 0 Å². The molecule has 0 bridgehead atoms. The second kappa shape index (κ2) is 1.29. The highest BCUT2D eigenvalue weighted by molar-refractivity contribution is 9.11. The van der Waals surface area contributed by atoms with Crippen molar-refractivity contribution in [2.75, 3.05) is 0 Å². The maximum absolute atomic E-state index is 3.38. The Labute approximate surface area is 40.7 Å². The highest BCUT2D eigenvalue weighted by atomic mass is 79.9. The van der Waals surface area contributed by atoms with E-state index in [1.54, 1.807) is 0 Å². The van der Waals surface area contributed by atoms with Gasteiger partial charge in [-0.05, 0) is 12.8 Å². The zero-order valence-electron chi connectivity index (χ0n) is 3.00. The van der Waals surface area contributed by atoms with Gasteiger partial charge in [0, 0.05) is 4.83 Å². The maximum Gasteiger partial charge on any atom is 0.0410 e. The van der Waals surface area contributed by atoms with Gasteiger partial charge in [-0.25, -0.2) is 0 Å². The molecule has 5 heavy (non-hydrogen) atoms. The molecule has 1 saturated carbocycles. The third-order valence-electron chi connectivity index (χ3n) is 0.896. The van der Waals surface area contributed by atoms with Crippen molar-refractivity contribution in [2.45, 2.75) is 19.3 Å². The van der Waals surface area contributed by atoms with Crippen molar-refractivity contribution in [3.63, 3.8) is 0 Å². The summed E-state index contributed by atoms with van der Waals surface area (Å²) in [4.78, 5) is 1.50. The van der Waals surface area contributed by atoms with Gasteiger partial charge in [0.25, 0.3) is 0 Å². The fraction of sp³-hybridized carbons (Fsp3) is 0.750. The standard InChI is InChI=1S/C4H6Br/c5-4-2-1-3-4/h1-3H2. The van der Waals surface area contributed by atoms with Gasteiger partial charge in [-0.2, -0.15) is 0 Å². The van der Waals surface area contributed by atoms with Crippen molar-refractivity contribution in [3.05, 3.63) is 4.83 Å². The molecular weight excluding hydrogens is 128 g/mol. The predicted molar refractivity (Wildman–Crippen MR) is 26.0 cm³/mol. The summed E-state index contributed by atoms with van der Waals surface area (Å²) in [5, 5.41) is 0. The van der Waals surface area contributed by atoms with Crippen LogP contribution in [0.5, 0.6) is 0 Å². The van der Waals surface area contributed by atoms with Gasteiger partial charge < -0.3 is 0 Å². The van der Waals surface area contributed by atoms with Crippen LogP contribution >= 0.6 is 15.9 Å². The smallest absolute Gasteiger partial charge is 0.0410 e. The van der Waals surface area contributed by atoms with Crippen LogP contribution < -0.4 is 0 Å². The van der Waals surface area contributed by atoms with Crippen LogP contribution in [-0.4, -0.2) is 0 Å². The predicted octanol–water partition coefficient (Wildman–Crippen LogP) is 2.10. The number of rotatable bonds is 0. The lowest BCUT2D eigenvalue weighted by molar-refractivity contribution is 0.632. The largest absolute Gasteiger partial charge is 0.0838 e. The SMILES string of the molecule is Br[C]1CCC1. The molecule has 0 N–H and O–H groups in total. The molecule has 1 rings (SSSR count). The van der Waals surface area contributed by atoms with Gasteiger partial charge in [-0.15, -0.1) is 0 Å². The molecule has 1 radical (unpaired) electrons. The molecule has 1 fully saturated rings. The topological polar surface area (TPSA) is 0 Å². The Bertz CT molecular complexity index is 30.6. The zero-order valence-corrected chi connectivity index (χ0v) is 4.59. The van der Waals surface area contributed by atoms with Crippen molar-refractivity contribution >= 4 is 15.9 Å². The summed E-state index contributed by atoms with van der Waals surface area (Å²) in [6.07, 6.45) is 4.04. The first-order chi connectivity index (χ1) is 2.39. The van der Waals surface area contributed by atoms with E-state index in [9.17, 15) is 0 Å². The molecule has 0 saturated heterocycles. The molecule has 1 aliphatic carbocycles. The van der Waals surface area contributed by atoms with Crippen molar-refractivity contribution in [3.8, 4) is 0 Å². The van der Waals surface area contributed by atoms with Crippen LogP contribution in [0.15, 0.2) is 0 Å². The van der Waals surface area contributed by atoms with Gasteiger partial charge in [0.2, 0.25) is 0 Å². The molecule has 1 aliphatic rings. The van der Waals surface area contributed by atoms with Crippen molar-refractivity contribution in [1.82, 2.24) is 0 Å². The Morgan fingerprint density at radius 2 is 1.80 bits per heavy atom. The van der Waals surface area contributed by atoms with E-state index in [0.29, 0.717) is 0 Å². The fourth-order valence-corrected chi connectivity index (χ4v) is 0.871. The number of hydrogen-bond donors (Lipinski definition) is 0. The lowest BCUT2D eigenvalue weighted by atomic mass is 10.0. The first kappa shape index (κ1) is 3.66. The molecule has 0 amide bonds. The van der Waals surface area contributed by atoms with Crippen molar-refractivity contribution in [1.29, 1.82) is 0 Å². The second-order valence-corrected chi connectivity index (χ2v) is 2.49. The van der Waals surface area contributed by atoms with E-state index in [4.69, 9.17) is 0 Å². The molecule has 0 aliphatic heterocycles. The molecule has 0 heterocycles. The minimum absolute atomic E-state index is 1.32. The van der Waals surface area contributed by atoms with Crippen LogP contribution in [-0.2, 0) is 0 Å². The summed E-state index contributed by atoms with van der Waals surface area (Å²) < 4.78 is 0. The molecule has 0 nitrogen and oxygen atoms in total. The maximum atomic E-state index is 3.38. The average molecular weight is 134 g/mol. The number of halogens is 1. The molecule has 0 spiro atoms. The third-order valence-corrected chi connectivity index (χ3v) is 1.69. The normalized spacial score (nSPS) is 25.8. The minimum atomic E-state index is 1.32. The summed E-state index contributed by atoms with van der Waals surface area (Å²) in [7, 11) is 0. The molecule has 0 aromatic heterocycles. The van der Waals surface area contributed by atoms with Gasteiger partial charge in [-0.3, -0.25) is 0 Å². The Balaban J connectivity index is 2.08. The quantitative estimate of drug-likeness (QED) is 0.475. The monoisotopic (exact) mass is 133 g/mol. The zero-order chi connectivity index (χ0) is 3.70. The van der Waals surface area contributed by atoms with Crippen LogP contribution in [0.4, 0.5) is 0 Å². The first-order valence-electron chi connectivity index (χ1n) is 1.90. The Morgan fingerprint density at radius 1 is 1.40 bits per heavy atom. The van der Waals surface area contributed by atoms with Gasteiger partial charge in [0.15, 0.2) is 0 Å². The summed E-state index contributed by atoms with van der Waals surface area (Å²) >= 11 is 3.38. The molecule has 0 aromatic carbocycles. The first-order valence-corrected chi connectivity index (χ1v) is 2.69. The minimum Gasteiger partial charge on any atom is -0.0838 e. The van der Waals surface area contributed by atoms with Gasteiger partial charge in [0.05, 0.1) is 0 Å². The highest BCUT2D eigenvalue weighted by Crippen LogP contribution is 2.33. The van der Waals surface area contributed by atoms with E-state index in [1.165, 1.54) is 24.1 Å². The van der Waals surface area contributed by atoms with Gasteiger partial charge in [0.1, 0.15) is 0 Å². The molecule has 29 valence electrons. The second-order valence-electron chi connectivity index (χ2n) is 1.37. The summed E-state index contributed by atoms with van der Waals surface area (Å²) in [5.74, 6) is 0. The lowest BCUT2D eigenvalue weighted by Crippen LogP contribution is -1.97. The van der Waals surface area contributed by atoms with E-state index < -0.39 is 0 Å². The molecule has 0 unspecified atom stereocenters.